The number of carbonyl (C=O) groups is 1. The molecule has 2 fully saturated rings. The van der Waals surface area contributed by atoms with Crippen molar-refractivity contribution in [1.82, 2.24) is 14.5 Å². The van der Waals surface area contributed by atoms with Gasteiger partial charge >= 0.3 is 6.09 Å². The number of fused-ring (bicyclic) bond motifs is 2. The summed E-state index contributed by atoms with van der Waals surface area (Å²) in [5.74, 6) is -1.67. The second-order valence-electron chi connectivity index (χ2n) is 7.84. The Morgan fingerprint density at radius 1 is 1.41 bits per heavy atom. The first-order valence-electron chi connectivity index (χ1n) is 9.70. The number of benzene rings is 1. The molecule has 0 aliphatic carbocycles. The van der Waals surface area contributed by atoms with Gasteiger partial charge in [-0.1, -0.05) is 46.4 Å². The smallest absolute Gasteiger partial charge is 0.410 e. The molecule has 8 nitrogen and oxygen atoms in total. The molecule has 3 atom stereocenters. The number of alkyl halides is 3. The lowest BCUT2D eigenvalue weighted by Crippen LogP contribution is -2.49. The number of carbonyl (C=O) groups excluding carboxylic acids is 1. The number of likely N-dealkylation sites (tertiary alicyclic amines) is 1. The number of rotatable bonds is 3. The molecule has 1 aromatic carbocycles. The molecule has 2 aliphatic rings. The Morgan fingerprint density at radius 2 is 2.16 bits per heavy atom. The highest BCUT2D eigenvalue weighted by Crippen LogP contribution is 2.38. The van der Waals surface area contributed by atoms with Gasteiger partial charge in [0.15, 0.2) is 5.79 Å². The van der Waals surface area contributed by atoms with Crippen molar-refractivity contribution in [3.8, 4) is 0 Å². The zero-order chi connectivity index (χ0) is 23.3. The predicted molar refractivity (Wildman–Crippen MR) is 125 cm³/mol. The standard InChI is InChI=1S/C19H18BrCl4N3O5/c20-11-5-13-10(4-12(11)21)16(28)26(9-25-13)7-18(30)6-14-15(32-18)2-1-3-27(14)17(29)31-8-19(22,23)24/h4-5,9,14-15,30H,1-3,6-8H2/t14-,15-,18?/m0/s1. The average molecular weight is 590 g/mol. The first-order valence-corrected chi connectivity index (χ1v) is 12.0. The third-order valence-electron chi connectivity index (χ3n) is 5.49. The van der Waals surface area contributed by atoms with Gasteiger partial charge in [-0.25, -0.2) is 9.78 Å². The molecular weight excluding hydrogens is 572 g/mol. The van der Waals surface area contributed by atoms with Crippen LogP contribution >= 0.6 is 62.3 Å². The van der Waals surface area contributed by atoms with Gasteiger partial charge in [-0.3, -0.25) is 9.36 Å². The molecule has 0 radical (unpaired) electrons. The molecule has 3 heterocycles. The largest absolute Gasteiger partial charge is 0.445 e. The van der Waals surface area contributed by atoms with E-state index in [4.69, 9.17) is 55.9 Å². The lowest BCUT2D eigenvalue weighted by atomic mass is 9.97. The summed E-state index contributed by atoms with van der Waals surface area (Å²) in [5.41, 5.74) is 0.105. The highest BCUT2D eigenvalue weighted by atomic mass is 79.9. The fraction of sp³-hybridized carbons (Fsp3) is 0.526. The molecule has 0 bridgehead atoms. The maximum atomic E-state index is 12.9. The van der Waals surface area contributed by atoms with Crippen LogP contribution in [0.15, 0.2) is 27.7 Å². The van der Waals surface area contributed by atoms with Crippen LogP contribution in [0.2, 0.25) is 5.02 Å². The molecule has 0 spiro atoms. The maximum Gasteiger partial charge on any atom is 0.410 e. The summed E-state index contributed by atoms with van der Waals surface area (Å²) in [6.45, 7) is -0.136. The molecule has 1 N–H and O–H groups in total. The van der Waals surface area contributed by atoms with Crippen molar-refractivity contribution in [3.05, 3.63) is 38.3 Å². The zero-order valence-corrected chi connectivity index (χ0v) is 21.1. The summed E-state index contributed by atoms with van der Waals surface area (Å²) in [4.78, 5) is 31.2. The van der Waals surface area contributed by atoms with E-state index in [-0.39, 0.29) is 18.5 Å². The van der Waals surface area contributed by atoms with Gasteiger partial charge in [0.2, 0.25) is 3.79 Å². The number of hydrogen-bond acceptors (Lipinski definition) is 6. The lowest BCUT2D eigenvalue weighted by Gasteiger charge is -2.35. The molecule has 13 heteroatoms. The highest BCUT2D eigenvalue weighted by molar-refractivity contribution is 9.10. The van der Waals surface area contributed by atoms with Crippen LogP contribution in [0.5, 0.6) is 0 Å². The number of aliphatic hydroxyl groups is 1. The van der Waals surface area contributed by atoms with E-state index >= 15 is 0 Å². The third-order valence-corrected chi connectivity index (χ3v) is 7.02. The second kappa shape index (κ2) is 9.09. The topological polar surface area (TPSA) is 93.9 Å². The number of piperidine rings is 1. The van der Waals surface area contributed by atoms with Crippen LogP contribution in [-0.2, 0) is 16.0 Å². The molecule has 2 saturated heterocycles. The monoisotopic (exact) mass is 587 g/mol. The van der Waals surface area contributed by atoms with E-state index in [0.717, 1.165) is 0 Å². The summed E-state index contributed by atoms with van der Waals surface area (Å²) in [6.07, 6.45) is 1.68. The van der Waals surface area contributed by atoms with Crippen LogP contribution < -0.4 is 5.56 Å². The van der Waals surface area contributed by atoms with E-state index < -0.39 is 34.4 Å². The van der Waals surface area contributed by atoms with Crippen LogP contribution in [0.4, 0.5) is 4.79 Å². The summed E-state index contributed by atoms with van der Waals surface area (Å²) < 4.78 is 11.2. The summed E-state index contributed by atoms with van der Waals surface area (Å²) in [7, 11) is 0. The number of halogens is 5. The number of amides is 1. The van der Waals surface area contributed by atoms with Crippen LogP contribution in [0, 0.1) is 0 Å². The molecular formula is C19H18BrCl4N3O5. The molecule has 1 amide bonds. The van der Waals surface area contributed by atoms with Crippen molar-refractivity contribution in [2.75, 3.05) is 13.2 Å². The molecule has 2 aromatic rings. The van der Waals surface area contributed by atoms with Crippen LogP contribution in [-0.4, -0.2) is 60.5 Å². The van der Waals surface area contributed by atoms with Crippen LogP contribution in [0.3, 0.4) is 0 Å². The van der Waals surface area contributed by atoms with E-state index in [0.29, 0.717) is 39.8 Å². The fourth-order valence-electron chi connectivity index (χ4n) is 4.14. The summed E-state index contributed by atoms with van der Waals surface area (Å²) in [5, 5.41) is 11.8. The Bertz CT molecular complexity index is 1110. The minimum absolute atomic E-state index is 0.0894. The average Bonchev–Trinajstić information content (AvgIpc) is 3.05. The second-order valence-corrected chi connectivity index (χ2v) is 11.6. The predicted octanol–water partition coefficient (Wildman–Crippen LogP) is 4.26. The minimum atomic E-state index is -1.72. The van der Waals surface area contributed by atoms with Crippen molar-refractivity contribution in [3.63, 3.8) is 0 Å². The van der Waals surface area contributed by atoms with Gasteiger partial charge in [-0.05, 0) is 40.9 Å². The van der Waals surface area contributed by atoms with E-state index in [1.807, 2.05) is 0 Å². The Morgan fingerprint density at radius 3 is 2.88 bits per heavy atom. The Kier molecular flexibility index (Phi) is 6.91. The first-order chi connectivity index (χ1) is 15.0. The first kappa shape index (κ1) is 24.3. The Labute approximate surface area is 211 Å². The highest BCUT2D eigenvalue weighted by Gasteiger charge is 2.51. The normalized spacial score (nSPS) is 25.8. The Hall–Kier alpha value is -0.810. The van der Waals surface area contributed by atoms with E-state index in [2.05, 4.69) is 20.9 Å². The van der Waals surface area contributed by atoms with Gasteiger partial charge in [-0.15, -0.1) is 0 Å². The Balaban J connectivity index is 1.53. The molecule has 2 aliphatic heterocycles. The van der Waals surface area contributed by atoms with Crippen molar-refractivity contribution in [1.29, 1.82) is 0 Å². The van der Waals surface area contributed by atoms with Crippen molar-refractivity contribution < 1.29 is 19.4 Å². The van der Waals surface area contributed by atoms with Gasteiger partial charge in [0.1, 0.15) is 6.61 Å². The molecule has 1 aromatic heterocycles. The van der Waals surface area contributed by atoms with Crippen LogP contribution in [0.1, 0.15) is 19.3 Å². The number of aromatic nitrogens is 2. The zero-order valence-electron chi connectivity index (χ0n) is 16.4. The summed E-state index contributed by atoms with van der Waals surface area (Å²) in [6, 6.07) is 2.74. The maximum absolute atomic E-state index is 12.9. The van der Waals surface area contributed by atoms with E-state index in [1.54, 1.807) is 6.07 Å². The summed E-state index contributed by atoms with van der Waals surface area (Å²) >= 11 is 26.4. The van der Waals surface area contributed by atoms with Crippen molar-refractivity contribution in [2.45, 2.75) is 47.5 Å². The van der Waals surface area contributed by atoms with Crippen LogP contribution in [0.25, 0.3) is 10.9 Å². The van der Waals surface area contributed by atoms with Gasteiger partial charge in [0, 0.05) is 17.4 Å². The van der Waals surface area contributed by atoms with E-state index in [1.165, 1.54) is 21.9 Å². The van der Waals surface area contributed by atoms with E-state index in [9.17, 15) is 14.7 Å². The third kappa shape index (κ3) is 5.14. The van der Waals surface area contributed by atoms with Crippen molar-refractivity contribution >= 4 is 79.3 Å². The molecule has 174 valence electrons. The number of ether oxygens (including phenoxy) is 2. The number of hydrogen-bond donors (Lipinski definition) is 1. The minimum Gasteiger partial charge on any atom is -0.445 e. The van der Waals surface area contributed by atoms with Crippen molar-refractivity contribution in [2.24, 2.45) is 0 Å². The SMILES string of the molecule is O=C(OCC(Cl)(Cl)Cl)N1CCC[C@@H]2OC(O)(Cn3cnc4cc(Br)c(Cl)cc4c3=O)C[C@@H]21. The van der Waals surface area contributed by atoms with Gasteiger partial charge in [0.05, 0.1) is 40.9 Å². The van der Waals surface area contributed by atoms with Gasteiger partial charge in [0.25, 0.3) is 5.56 Å². The molecule has 32 heavy (non-hydrogen) atoms. The molecule has 1 unspecified atom stereocenters. The molecule has 0 saturated carbocycles. The van der Waals surface area contributed by atoms with Gasteiger partial charge in [-0.2, -0.15) is 0 Å². The lowest BCUT2D eigenvalue weighted by molar-refractivity contribution is -0.202. The quantitative estimate of drug-likeness (QED) is 0.538. The molecule has 4 rings (SSSR count). The number of nitrogens with zero attached hydrogens (tertiary/aromatic N) is 3. The van der Waals surface area contributed by atoms with Gasteiger partial charge < -0.3 is 19.5 Å². The fourth-order valence-corrected chi connectivity index (χ4v) is 4.80.